The highest BCUT2D eigenvalue weighted by Gasteiger charge is 2.80. The number of ether oxygens (including phenoxy) is 1. The maximum Gasteiger partial charge on any atom is 0.303 e. The van der Waals surface area contributed by atoms with E-state index in [2.05, 4.69) is 0 Å². The van der Waals surface area contributed by atoms with E-state index in [1.165, 1.54) is 0 Å². The Bertz CT molecular complexity index is 792. The van der Waals surface area contributed by atoms with E-state index in [1.54, 1.807) is 27.7 Å². The molecule has 2 bridgehead atoms. The Morgan fingerprint density at radius 2 is 1.73 bits per heavy atom. The average Bonchev–Trinajstić information content (AvgIpc) is 2.88. The number of carbonyl (C=O) groups is 2. The average molecular weight is 445 g/mol. The van der Waals surface area contributed by atoms with Crippen molar-refractivity contribution in [1.29, 1.82) is 0 Å². The lowest BCUT2D eigenvalue weighted by Gasteiger charge is -2.49. The SMILES string of the molecule is CC(=O)O[C@@H]1C(=O)C23C[C@H](CCC2[C@@](C)(O)[C@@H]2[C@@H](Cl)[C@H](O)C(C)(C)[C@@]12O)[C@](C)(O)C3. The van der Waals surface area contributed by atoms with Crippen LogP contribution < -0.4 is 0 Å². The van der Waals surface area contributed by atoms with E-state index in [0.717, 1.165) is 6.92 Å². The zero-order valence-electron chi connectivity index (χ0n) is 18.2. The van der Waals surface area contributed by atoms with Crippen LogP contribution in [0.15, 0.2) is 0 Å². The van der Waals surface area contributed by atoms with Crippen LogP contribution >= 0.6 is 11.6 Å². The molecule has 4 rings (SSSR count). The van der Waals surface area contributed by atoms with E-state index in [-0.39, 0.29) is 12.3 Å². The molecule has 0 heterocycles. The van der Waals surface area contributed by atoms with E-state index < -0.39 is 68.8 Å². The molecule has 4 aliphatic carbocycles. The summed E-state index contributed by atoms with van der Waals surface area (Å²) >= 11 is 6.63. The number of esters is 1. The smallest absolute Gasteiger partial charge is 0.303 e. The summed E-state index contributed by atoms with van der Waals surface area (Å²) in [5.74, 6) is -3.06. The fourth-order valence-corrected chi connectivity index (χ4v) is 8.53. The molecule has 10 atom stereocenters. The number of carbonyl (C=O) groups excluding carboxylic acids is 2. The van der Waals surface area contributed by atoms with Gasteiger partial charge in [-0.05, 0) is 45.4 Å². The number of Topliss-reactive ketones (excluding diaryl/α,β-unsaturated/α-hetero) is 1. The summed E-state index contributed by atoms with van der Waals surface area (Å²) in [5, 5.41) is 44.9. The summed E-state index contributed by atoms with van der Waals surface area (Å²) in [6, 6.07) is 0. The van der Waals surface area contributed by atoms with Crippen LogP contribution in [-0.2, 0) is 14.3 Å². The van der Waals surface area contributed by atoms with Crippen LogP contribution in [0.2, 0.25) is 0 Å². The van der Waals surface area contributed by atoms with Gasteiger partial charge in [-0.1, -0.05) is 13.8 Å². The highest BCUT2D eigenvalue weighted by atomic mass is 35.5. The Labute approximate surface area is 181 Å². The number of aliphatic hydroxyl groups is 4. The van der Waals surface area contributed by atoms with Crippen LogP contribution in [0.1, 0.15) is 60.3 Å². The maximum absolute atomic E-state index is 14.1. The summed E-state index contributed by atoms with van der Waals surface area (Å²) in [7, 11) is 0. The molecule has 0 aliphatic heterocycles. The molecular formula is C22H33ClO7. The molecule has 0 saturated heterocycles. The second-order valence-electron chi connectivity index (χ2n) is 11.2. The van der Waals surface area contributed by atoms with Gasteiger partial charge < -0.3 is 25.2 Å². The molecular weight excluding hydrogens is 412 g/mol. The molecule has 1 spiro atoms. The molecule has 4 N–H and O–H groups in total. The lowest BCUT2D eigenvalue weighted by Crippen LogP contribution is -2.63. The largest absolute Gasteiger partial charge is 0.451 e. The van der Waals surface area contributed by atoms with Crippen LogP contribution in [-0.4, -0.2) is 66.6 Å². The molecule has 0 radical (unpaired) electrons. The lowest BCUT2D eigenvalue weighted by atomic mass is 9.58. The molecule has 7 nitrogen and oxygen atoms in total. The van der Waals surface area contributed by atoms with E-state index in [0.29, 0.717) is 19.3 Å². The van der Waals surface area contributed by atoms with Crippen LogP contribution in [0.3, 0.4) is 0 Å². The van der Waals surface area contributed by atoms with E-state index >= 15 is 0 Å². The fraction of sp³-hybridized carbons (Fsp3) is 0.909. The number of hydrogen-bond donors (Lipinski definition) is 4. The molecule has 0 aromatic rings. The predicted molar refractivity (Wildman–Crippen MR) is 108 cm³/mol. The highest BCUT2D eigenvalue weighted by molar-refractivity contribution is 6.22. The minimum atomic E-state index is -2.08. The predicted octanol–water partition coefficient (Wildman–Crippen LogP) is 1.16. The zero-order chi connectivity index (χ0) is 22.7. The van der Waals surface area contributed by atoms with Gasteiger partial charge in [-0.3, -0.25) is 9.59 Å². The van der Waals surface area contributed by atoms with Crippen LogP contribution in [0, 0.1) is 28.6 Å². The summed E-state index contributed by atoms with van der Waals surface area (Å²) in [4.78, 5) is 26.2. The number of rotatable bonds is 1. The van der Waals surface area contributed by atoms with Gasteiger partial charge in [-0.25, -0.2) is 0 Å². The molecule has 0 amide bonds. The van der Waals surface area contributed by atoms with Crippen molar-refractivity contribution < 1.29 is 34.8 Å². The number of hydrogen-bond acceptors (Lipinski definition) is 7. The highest BCUT2D eigenvalue weighted by Crippen LogP contribution is 2.69. The Balaban J connectivity index is 2.00. The summed E-state index contributed by atoms with van der Waals surface area (Å²) in [6.07, 6.45) is -1.25. The van der Waals surface area contributed by atoms with Crippen molar-refractivity contribution in [2.24, 2.45) is 28.6 Å². The Hall–Kier alpha value is -0.730. The van der Waals surface area contributed by atoms with Crippen LogP contribution in [0.5, 0.6) is 0 Å². The fourth-order valence-electron chi connectivity index (χ4n) is 7.76. The third-order valence-electron chi connectivity index (χ3n) is 9.25. The number of fused-ring (bicyclic) bond motifs is 2. The quantitative estimate of drug-likeness (QED) is 0.353. The number of halogens is 1. The van der Waals surface area contributed by atoms with Gasteiger partial charge in [0.2, 0.25) is 0 Å². The lowest BCUT2D eigenvalue weighted by molar-refractivity contribution is -0.211. The molecule has 0 aromatic heterocycles. The second-order valence-corrected chi connectivity index (χ2v) is 11.7. The van der Waals surface area contributed by atoms with E-state index in [4.69, 9.17) is 16.3 Å². The molecule has 170 valence electrons. The minimum absolute atomic E-state index is 0.121. The zero-order valence-corrected chi connectivity index (χ0v) is 18.9. The molecule has 4 saturated carbocycles. The van der Waals surface area contributed by atoms with Crippen molar-refractivity contribution >= 4 is 23.4 Å². The van der Waals surface area contributed by atoms with Gasteiger partial charge in [-0.15, -0.1) is 11.6 Å². The van der Waals surface area contributed by atoms with Crippen molar-refractivity contribution in [3.63, 3.8) is 0 Å². The molecule has 4 aliphatic rings. The van der Waals surface area contributed by atoms with Crippen LogP contribution in [0.25, 0.3) is 0 Å². The molecule has 2 unspecified atom stereocenters. The molecule has 30 heavy (non-hydrogen) atoms. The van der Waals surface area contributed by atoms with Gasteiger partial charge in [0.1, 0.15) is 5.60 Å². The topological polar surface area (TPSA) is 124 Å². The third-order valence-corrected chi connectivity index (χ3v) is 9.74. The number of alkyl halides is 1. The van der Waals surface area contributed by atoms with Gasteiger partial charge in [0.25, 0.3) is 0 Å². The van der Waals surface area contributed by atoms with Crippen LogP contribution in [0.4, 0.5) is 0 Å². The van der Waals surface area contributed by atoms with Gasteiger partial charge in [0.15, 0.2) is 11.9 Å². The monoisotopic (exact) mass is 444 g/mol. The third kappa shape index (κ3) is 2.42. The first kappa shape index (κ1) is 22.5. The molecule has 8 heteroatoms. The molecule has 0 aromatic carbocycles. The van der Waals surface area contributed by atoms with Gasteiger partial charge in [0, 0.05) is 29.6 Å². The van der Waals surface area contributed by atoms with Crippen molar-refractivity contribution in [2.45, 2.75) is 94.7 Å². The van der Waals surface area contributed by atoms with Crippen molar-refractivity contribution in [3.05, 3.63) is 0 Å². The normalized spacial score (nSPS) is 56.8. The van der Waals surface area contributed by atoms with E-state index in [1.807, 2.05) is 0 Å². The maximum atomic E-state index is 14.1. The molecule has 4 fully saturated rings. The summed E-state index contributed by atoms with van der Waals surface area (Å²) in [6.45, 7) is 7.58. The second kappa shape index (κ2) is 6.19. The first-order chi connectivity index (χ1) is 13.5. The van der Waals surface area contributed by atoms with E-state index in [9.17, 15) is 30.0 Å². The first-order valence-electron chi connectivity index (χ1n) is 10.8. The van der Waals surface area contributed by atoms with Crippen molar-refractivity contribution in [2.75, 3.05) is 0 Å². The minimum Gasteiger partial charge on any atom is -0.451 e. The standard InChI is InChI=1S/C22H33ClO7/c1-10(24)30-17-16(26)21-8-11(19(4,27)9-21)6-7-12(21)20(5,28)14-13(23)15(25)18(2,3)22(14,17)29/h11-15,17,25,27-29H,6-9H2,1-5H3/t11-,12?,13+,14-,15-,17+,19+,20+,21?,22-/m0/s1. The number of aliphatic hydroxyl groups excluding tert-OH is 1. The Morgan fingerprint density at radius 1 is 1.13 bits per heavy atom. The number of ketones is 1. The first-order valence-corrected chi connectivity index (χ1v) is 11.2. The Kier molecular flexibility index (Phi) is 4.64. The van der Waals surface area contributed by atoms with Gasteiger partial charge in [-0.2, -0.15) is 0 Å². The van der Waals surface area contributed by atoms with Crippen molar-refractivity contribution in [3.8, 4) is 0 Å². The summed E-state index contributed by atoms with van der Waals surface area (Å²) in [5.41, 5.74) is -7.30. The Morgan fingerprint density at radius 3 is 2.30 bits per heavy atom. The van der Waals surface area contributed by atoms with Crippen molar-refractivity contribution in [1.82, 2.24) is 0 Å². The van der Waals surface area contributed by atoms with Gasteiger partial charge in [0.05, 0.1) is 22.7 Å². The van der Waals surface area contributed by atoms with Gasteiger partial charge >= 0.3 is 5.97 Å². The summed E-state index contributed by atoms with van der Waals surface area (Å²) < 4.78 is 5.49.